The predicted molar refractivity (Wildman–Crippen MR) is 99.0 cm³/mol. The third kappa shape index (κ3) is 4.80. The number of hydrogen-bond acceptors (Lipinski definition) is 3. The van der Waals surface area contributed by atoms with E-state index in [9.17, 15) is 13.2 Å². The molecule has 3 atom stereocenters. The van der Waals surface area contributed by atoms with Crippen LogP contribution in [0.3, 0.4) is 0 Å². The lowest BCUT2D eigenvalue weighted by atomic mass is 9.91. The van der Waals surface area contributed by atoms with Crippen LogP contribution in [0.15, 0.2) is 29.2 Å². The van der Waals surface area contributed by atoms with Gasteiger partial charge in [-0.3, -0.25) is 4.79 Å². The van der Waals surface area contributed by atoms with Crippen molar-refractivity contribution in [1.82, 2.24) is 4.31 Å². The van der Waals surface area contributed by atoms with Crippen LogP contribution in [0.4, 0.5) is 5.69 Å². The number of amides is 1. The van der Waals surface area contributed by atoms with Crippen molar-refractivity contribution in [2.45, 2.75) is 38.1 Å². The molecule has 6 nitrogen and oxygen atoms in total. The van der Waals surface area contributed by atoms with E-state index in [-0.39, 0.29) is 16.8 Å². The lowest BCUT2D eigenvalue weighted by molar-refractivity contribution is -0.925. The van der Waals surface area contributed by atoms with Gasteiger partial charge in [0.15, 0.2) is 6.04 Å². The van der Waals surface area contributed by atoms with Gasteiger partial charge in [0.2, 0.25) is 10.0 Å². The number of likely N-dealkylation sites (tertiary alicyclic amines) is 1. The Hall–Kier alpha value is -1.44. The minimum absolute atomic E-state index is 0.0734. The van der Waals surface area contributed by atoms with E-state index in [1.54, 1.807) is 12.1 Å². The molecule has 25 heavy (non-hydrogen) atoms. The van der Waals surface area contributed by atoms with Crippen LogP contribution < -0.4 is 10.2 Å². The number of hydrogen-bond donors (Lipinski definition) is 2. The molecule has 0 radical (unpaired) electrons. The molecule has 1 heterocycles. The zero-order chi connectivity index (χ0) is 18.8. The molecule has 0 saturated carbocycles. The largest absolute Gasteiger partial charge is 0.324 e. The van der Waals surface area contributed by atoms with Gasteiger partial charge in [-0.1, -0.05) is 19.9 Å². The Morgan fingerprint density at radius 1 is 1.24 bits per heavy atom. The first-order chi connectivity index (χ1) is 11.6. The Kier molecular flexibility index (Phi) is 6.24. The Labute approximate surface area is 151 Å². The molecule has 140 valence electrons. The van der Waals surface area contributed by atoms with Crippen LogP contribution in [0.25, 0.3) is 0 Å². The highest BCUT2D eigenvalue weighted by Gasteiger charge is 2.32. The van der Waals surface area contributed by atoms with Gasteiger partial charge in [0, 0.05) is 31.6 Å². The van der Waals surface area contributed by atoms with E-state index in [2.05, 4.69) is 19.2 Å². The molecule has 1 aliphatic heterocycles. The number of quaternary nitrogens is 1. The number of carbonyl (C=O) groups is 1. The fourth-order valence-electron chi connectivity index (χ4n) is 3.57. The second kappa shape index (κ2) is 7.85. The molecule has 1 aromatic rings. The van der Waals surface area contributed by atoms with Crippen molar-refractivity contribution >= 4 is 21.6 Å². The molecular weight excluding hydrogens is 338 g/mol. The first-order valence-corrected chi connectivity index (χ1v) is 10.2. The number of carbonyl (C=O) groups excluding carboxylic acids is 1. The topological polar surface area (TPSA) is 70.9 Å². The van der Waals surface area contributed by atoms with Crippen LogP contribution in [0.1, 0.15) is 27.2 Å². The van der Waals surface area contributed by atoms with E-state index in [1.807, 2.05) is 6.92 Å². The average Bonchev–Trinajstić information content (AvgIpc) is 2.53. The van der Waals surface area contributed by atoms with Crippen molar-refractivity contribution in [2.75, 3.05) is 32.5 Å². The maximum atomic E-state index is 12.6. The molecule has 1 amide bonds. The summed E-state index contributed by atoms with van der Waals surface area (Å²) in [5.74, 6) is 1.15. The number of benzene rings is 1. The molecule has 7 heteroatoms. The third-order valence-electron chi connectivity index (χ3n) is 4.91. The van der Waals surface area contributed by atoms with Crippen LogP contribution >= 0.6 is 0 Å². The summed E-state index contributed by atoms with van der Waals surface area (Å²) in [5.41, 5.74) is 0.511. The van der Waals surface area contributed by atoms with Gasteiger partial charge in [0.05, 0.1) is 18.0 Å². The summed E-state index contributed by atoms with van der Waals surface area (Å²) in [4.78, 5) is 14.1. The second-order valence-corrected chi connectivity index (χ2v) is 9.69. The van der Waals surface area contributed by atoms with E-state index in [4.69, 9.17) is 0 Å². The SMILES string of the molecule is C[C@@H]1C[C@@H](C)C[NH+]([C@@H](C)C(=O)Nc2cccc(S(=O)(=O)N(C)C)c2)C1. The number of rotatable bonds is 5. The van der Waals surface area contributed by atoms with E-state index in [0.717, 1.165) is 17.4 Å². The summed E-state index contributed by atoms with van der Waals surface area (Å²) < 4.78 is 25.6. The van der Waals surface area contributed by atoms with E-state index in [0.29, 0.717) is 17.5 Å². The van der Waals surface area contributed by atoms with Gasteiger partial charge in [-0.15, -0.1) is 0 Å². The van der Waals surface area contributed by atoms with Crippen LogP contribution in [0, 0.1) is 11.8 Å². The smallest absolute Gasteiger partial charge is 0.282 e. The van der Waals surface area contributed by atoms with Gasteiger partial charge in [0.25, 0.3) is 5.91 Å². The molecule has 1 aliphatic rings. The Morgan fingerprint density at radius 3 is 2.40 bits per heavy atom. The second-order valence-electron chi connectivity index (χ2n) is 7.54. The van der Waals surface area contributed by atoms with Gasteiger partial charge in [-0.25, -0.2) is 12.7 Å². The maximum absolute atomic E-state index is 12.6. The summed E-state index contributed by atoms with van der Waals surface area (Å²) in [7, 11) is -0.532. The van der Waals surface area contributed by atoms with E-state index >= 15 is 0 Å². The highest BCUT2D eigenvalue weighted by Crippen LogP contribution is 2.18. The van der Waals surface area contributed by atoms with Crippen molar-refractivity contribution < 1.29 is 18.1 Å². The van der Waals surface area contributed by atoms with Gasteiger partial charge >= 0.3 is 0 Å². The Balaban J connectivity index is 2.10. The molecule has 1 saturated heterocycles. The average molecular weight is 369 g/mol. The molecule has 2 N–H and O–H groups in total. The molecule has 2 rings (SSSR count). The van der Waals surface area contributed by atoms with Gasteiger partial charge in [0.1, 0.15) is 0 Å². The van der Waals surface area contributed by atoms with Crippen molar-refractivity contribution in [3.05, 3.63) is 24.3 Å². The first-order valence-electron chi connectivity index (χ1n) is 8.79. The molecule has 1 aromatic carbocycles. The normalized spacial score (nSPS) is 25.6. The minimum Gasteiger partial charge on any atom is -0.324 e. The molecule has 0 aliphatic carbocycles. The highest BCUT2D eigenvalue weighted by molar-refractivity contribution is 7.89. The molecular formula is C18H30N3O3S+. The van der Waals surface area contributed by atoms with Crippen LogP contribution in [0.2, 0.25) is 0 Å². The number of sulfonamides is 1. The Morgan fingerprint density at radius 2 is 1.84 bits per heavy atom. The standard InChI is InChI=1S/C18H29N3O3S/c1-13-9-14(2)12-21(11-13)15(3)18(22)19-16-7-6-8-17(10-16)25(23,24)20(4)5/h6-8,10,13-15H,9,11-12H2,1-5H3,(H,19,22)/p+1/t13-,14-,15+/m1/s1. The van der Waals surface area contributed by atoms with Crippen LogP contribution in [-0.4, -0.2) is 51.9 Å². The van der Waals surface area contributed by atoms with E-state index < -0.39 is 10.0 Å². The summed E-state index contributed by atoms with van der Waals surface area (Å²) in [6.07, 6.45) is 1.21. The van der Waals surface area contributed by atoms with Gasteiger partial charge in [-0.05, 0) is 31.5 Å². The molecule has 0 unspecified atom stereocenters. The van der Waals surface area contributed by atoms with Gasteiger partial charge in [-0.2, -0.15) is 0 Å². The monoisotopic (exact) mass is 368 g/mol. The fourth-order valence-corrected chi connectivity index (χ4v) is 4.51. The van der Waals surface area contributed by atoms with Crippen molar-refractivity contribution in [2.24, 2.45) is 11.8 Å². The van der Waals surface area contributed by atoms with Crippen molar-refractivity contribution in [1.29, 1.82) is 0 Å². The number of nitrogens with one attached hydrogen (secondary N) is 2. The summed E-state index contributed by atoms with van der Waals surface area (Å²) in [6.45, 7) is 8.39. The zero-order valence-electron chi connectivity index (χ0n) is 15.7. The summed E-state index contributed by atoms with van der Waals surface area (Å²) in [5, 5.41) is 2.88. The van der Waals surface area contributed by atoms with Gasteiger partial charge < -0.3 is 10.2 Å². The fraction of sp³-hybridized carbons (Fsp3) is 0.611. The molecule has 0 spiro atoms. The van der Waals surface area contributed by atoms with Crippen molar-refractivity contribution in [3.8, 4) is 0 Å². The van der Waals surface area contributed by atoms with Crippen LogP contribution in [0.5, 0.6) is 0 Å². The van der Waals surface area contributed by atoms with E-state index in [1.165, 1.54) is 37.5 Å². The quantitative estimate of drug-likeness (QED) is 0.809. The molecule has 0 bridgehead atoms. The summed E-state index contributed by atoms with van der Waals surface area (Å²) >= 11 is 0. The third-order valence-corrected chi connectivity index (χ3v) is 6.72. The molecule has 1 fully saturated rings. The highest BCUT2D eigenvalue weighted by atomic mass is 32.2. The minimum atomic E-state index is -3.51. The number of piperidine rings is 1. The summed E-state index contributed by atoms with van der Waals surface area (Å²) in [6, 6.07) is 6.24. The number of anilines is 1. The lowest BCUT2D eigenvalue weighted by Gasteiger charge is -2.35. The Bertz CT molecular complexity index is 708. The maximum Gasteiger partial charge on any atom is 0.282 e. The number of nitrogens with zero attached hydrogens (tertiary/aromatic N) is 1. The zero-order valence-corrected chi connectivity index (χ0v) is 16.6. The predicted octanol–water partition coefficient (Wildman–Crippen LogP) is 0.825. The first kappa shape index (κ1) is 19.9. The molecule has 0 aromatic heterocycles. The lowest BCUT2D eigenvalue weighted by Crippen LogP contribution is -3.18. The van der Waals surface area contributed by atoms with Crippen LogP contribution in [-0.2, 0) is 14.8 Å². The van der Waals surface area contributed by atoms with Crippen molar-refractivity contribution in [3.63, 3.8) is 0 Å².